The van der Waals surface area contributed by atoms with Gasteiger partial charge in [0.25, 0.3) is 0 Å². The third kappa shape index (κ3) is 4.40. The van der Waals surface area contributed by atoms with Gasteiger partial charge in [0.05, 0.1) is 21.9 Å². The number of rotatable bonds is 7. The molecule has 3 aromatic rings. The average Bonchev–Trinajstić information content (AvgIpc) is 3.24. The molecule has 0 amide bonds. The van der Waals surface area contributed by atoms with E-state index in [1.807, 2.05) is 5.32 Å². The highest BCUT2D eigenvalue weighted by atomic mass is 79.9. The minimum absolute atomic E-state index is 0.374. The maximum atomic E-state index is 13.8. The summed E-state index contributed by atoms with van der Waals surface area (Å²) in [5.41, 5.74) is -1.00. The lowest BCUT2D eigenvalue weighted by atomic mass is 10.3. The molecule has 2 N–H and O–H groups in total. The van der Waals surface area contributed by atoms with Gasteiger partial charge in [-0.2, -0.15) is 0 Å². The first-order chi connectivity index (χ1) is 15.1. The lowest BCUT2D eigenvalue weighted by Gasteiger charge is -2.06. The third-order valence-corrected chi connectivity index (χ3v) is 3.83. The van der Waals surface area contributed by atoms with Crippen molar-refractivity contribution in [3.63, 3.8) is 0 Å². The number of aromatic nitrogens is 4. The van der Waals surface area contributed by atoms with Crippen LogP contribution in [0.5, 0.6) is 0 Å². The number of sulfonamides is 1. The molecule has 0 radical (unpaired) electrons. The van der Waals surface area contributed by atoms with Gasteiger partial charge < -0.3 is 5.32 Å². The van der Waals surface area contributed by atoms with Crippen LogP contribution in [0.25, 0.3) is 17.2 Å². The van der Waals surface area contributed by atoms with Gasteiger partial charge in [0, 0.05) is 15.7 Å². The second-order valence-electron chi connectivity index (χ2n) is 4.74. The molecule has 0 saturated carbocycles. The first kappa shape index (κ1) is 12.7. The van der Waals surface area contributed by atoms with E-state index in [1.54, 1.807) is 0 Å². The summed E-state index contributed by atoms with van der Waals surface area (Å²) in [5.74, 6) is -3.37. The predicted octanol–water partition coefficient (Wildman–Crippen LogP) is 0.738. The topological polar surface area (TPSA) is 145 Å². The minimum atomic E-state index is -4.18. The van der Waals surface area contributed by atoms with Crippen molar-refractivity contribution < 1.29 is 30.2 Å². The molecule has 0 bridgehead atoms. The fourth-order valence-electron chi connectivity index (χ4n) is 1.74. The van der Waals surface area contributed by atoms with E-state index in [0.29, 0.717) is 16.9 Å². The zero-order valence-electron chi connectivity index (χ0n) is 19.1. The van der Waals surface area contributed by atoms with Crippen LogP contribution >= 0.6 is 15.9 Å². The molecule has 11 nitrogen and oxygen atoms in total. The summed E-state index contributed by atoms with van der Waals surface area (Å²) in [6, 6.07) is -0.519. The molecule has 0 saturated heterocycles. The van der Waals surface area contributed by atoms with Gasteiger partial charge in [-0.05, 0) is 44.4 Å². The van der Waals surface area contributed by atoms with E-state index in [1.165, 1.54) is 4.72 Å². The molecule has 3 rings (SSSR count). The van der Waals surface area contributed by atoms with Gasteiger partial charge in [-0.1, -0.05) is 5.16 Å². The fourth-order valence-corrected chi connectivity index (χ4v) is 2.28. The predicted molar refractivity (Wildman–Crippen MR) is 94.4 cm³/mol. The maximum absolute atomic E-state index is 13.8. The molecule has 0 aliphatic carbocycles. The highest BCUT2D eigenvalue weighted by Gasteiger charge is 2.23. The van der Waals surface area contributed by atoms with Crippen LogP contribution in [0.1, 0.15) is 8.22 Å². The van der Waals surface area contributed by atoms with Gasteiger partial charge in [-0.25, -0.2) is 31.5 Å². The fraction of sp³-hybridized carbons (Fsp3) is 0.231. The number of nitrogens with one attached hydrogen (secondary N) is 2. The molecule has 27 heavy (non-hydrogen) atoms. The molecule has 0 aliphatic rings. The molecule has 1 aromatic carbocycles. The first-order valence-corrected chi connectivity index (χ1v) is 9.38. The Hall–Kier alpha value is -2.58. The van der Waals surface area contributed by atoms with E-state index in [0.717, 1.165) is 0 Å². The summed E-state index contributed by atoms with van der Waals surface area (Å²) >= 11 is 2.83. The van der Waals surface area contributed by atoms with Gasteiger partial charge >= 0.3 is 5.76 Å². The van der Waals surface area contributed by atoms with Crippen LogP contribution in [0.15, 0.2) is 36.6 Å². The van der Waals surface area contributed by atoms with E-state index in [2.05, 4.69) is 40.6 Å². The van der Waals surface area contributed by atoms with Gasteiger partial charge in [0.1, 0.15) is 5.82 Å². The lowest BCUT2D eigenvalue weighted by molar-refractivity contribution is 0.309. The molecule has 0 atom stereocenters. The summed E-state index contributed by atoms with van der Waals surface area (Å²) in [7, 11) is -4.18. The van der Waals surface area contributed by atoms with Crippen LogP contribution in [-0.2, 0) is 10.0 Å². The van der Waals surface area contributed by atoms with Crippen molar-refractivity contribution >= 4 is 31.8 Å². The second-order valence-corrected chi connectivity index (χ2v) is 7.28. The van der Waals surface area contributed by atoms with Crippen molar-refractivity contribution in [1.82, 2.24) is 24.8 Å². The van der Waals surface area contributed by atoms with Crippen molar-refractivity contribution in [3.05, 3.63) is 39.0 Å². The summed E-state index contributed by atoms with van der Waals surface area (Å²) < 4.78 is 94.6. The Morgan fingerprint density at radius 1 is 1.41 bits per heavy atom. The van der Waals surface area contributed by atoms with Crippen molar-refractivity contribution in [3.8, 4) is 17.2 Å². The molecular formula is C13H12BrFN6O5S. The van der Waals surface area contributed by atoms with Crippen molar-refractivity contribution in [2.45, 2.75) is 0 Å². The smallest absolute Gasteiger partial charge is 0.364 e. The van der Waals surface area contributed by atoms with Crippen LogP contribution in [0.4, 0.5) is 10.2 Å². The Balaban J connectivity index is 2.12. The number of hydrogen-bond donors (Lipinski definition) is 2. The molecular weight excluding hydrogens is 451 g/mol. The van der Waals surface area contributed by atoms with E-state index in [-0.39, 0.29) is 4.47 Å². The lowest BCUT2D eigenvalue weighted by Crippen LogP contribution is -2.27. The number of benzene rings is 1. The Morgan fingerprint density at radius 3 is 2.93 bits per heavy atom. The maximum Gasteiger partial charge on any atom is 0.446 e. The minimum Gasteiger partial charge on any atom is -0.364 e. The van der Waals surface area contributed by atoms with E-state index in [4.69, 9.17) is 8.22 Å². The first-order valence-electron chi connectivity index (χ1n) is 9.70. The Morgan fingerprint density at radius 2 is 2.19 bits per heavy atom. The highest BCUT2D eigenvalue weighted by Crippen LogP contribution is 2.25. The normalized spacial score (nSPS) is 16.0. The quantitative estimate of drug-likeness (QED) is 0.512. The molecule has 0 unspecified atom stereocenters. The second kappa shape index (κ2) is 7.58. The van der Waals surface area contributed by atoms with Crippen molar-refractivity contribution in [2.24, 2.45) is 0 Å². The monoisotopic (exact) mass is 468 g/mol. The molecule has 14 heteroatoms. The number of anilines is 1. The molecule has 2 aromatic heterocycles. The van der Waals surface area contributed by atoms with Crippen molar-refractivity contribution in [1.29, 1.82) is 0 Å². The summed E-state index contributed by atoms with van der Waals surface area (Å²) in [5, 5.41) is 12.2. The van der Waals surface area contributed by atoms with Crippen LogP contribution in [0.2, 0.25) is 0 Å². The zero-order valence-corrected chi connectivity index (χ0v) is 15.5. The highest BCUT2D eigenvalue weighted by molar-refractivity contribution is 9.10. The van der Waals surface area contributed by atoms with Crippen LogP contribution < -0.4 is 15.8 Å². The standard InChI is InChI=1S/C13H12BrFN6O5S/c1-27(23,24)17-5-4-16-11-10(18-26-19-11)12-20-25-13(22)21(12)7-2-3-9(15)8(14)6-7/h2-3,6,17H,4-5H2,1H3,(H,16,19)/i2D,4D2,5D2,6D. The van der Waals surface area contributed by atoms with E-state index in [9.17, 15) is 17.6 Å². The molecule has 0 aliphatic heterocycles. The zero-order chi connectivity index (χ0) is 24.9. The Bertz CT molecular complexity index is 1390. The van der Waals surface area contributed by atoms with Crippen LogP contribution in [-0.4, -0.2) is 47.7 Å². The summed E-state index contributed by atoms with van der Waals surface area (Å²) in [4.78, 5) is 12.3. The largest absolute Gasteiger partial charge is 0.446 e. The average molecular weight is 469 g/mol. The summed E-state index contributed by atoms with van der Waals surface area (Å²) in [6.07, 6.45) is 0.621. The van der Waals surface area contributed by atoms with Gasteiger partial charge in [-0.15, -0.1) is 0 Å². The van der Waals surface area contributed by atoms with Crippen molar-refractivity contribution in [2.75, 3.05) is 24.6 Å². The Labute approximate surface area is 168 Å². The molecule has 0 fully saturated rings. The molecule has 0 spiro atoms. The van der Waals surface area contributed by atoms with Crippen LogP contribution in [0.3, 0.4) is 0 Å². The summed E-state index contributed by atoms with van der Waals surface area (Å²) in [6.45, 7) is -6.36. The van der Waals surface area contributed by atoms with E-state index >= 15 is 0 Å². The van der Waals surface area contributed by atoms with Gasteiger partial charge in [0.2, 0.25) is 21.7 Å². The molecule has 2 heterocycles. The van der Waals surface area contributed by atoms with Gasteiger partial charge in [-0.3, -0.25) is 4.52 Å². The Kier molecular flexibility index (Phi) is 3.58. The number of nitrogens with zero attached hydrogens (tertiary/aromatic N) is 4. The SMILES string of the molecule is [2H]c1cc(F)c(Br)c([2H])c1-n1c(-c2nonc2NC([2H])([2H])C([2H])([2H])NS(C)(=O)=O)noc1=O. The molecule has 144 valence electrons. The van der Waals surface area contributed by atoms with Crippen LogP contribution in [0, 0.1) is 5.82 Å². The number of halogens is 2. The van der Waals surface area contributed by atoms with E-state index < -0.39 is 69.7 Å². The third-order valence-electron chi connectivity index (χ3n) is 2.78. The van der Waals surface area contributed by atoms with Gasteiger partial charge in [0.15, 0.2) is 5.69 Å². The number of hydrogen-bond acceptors (Lipinski definition) is 9.